The highest BCUT2D eigenvalue weighted by atomic mass is 127. The molecule has 0 aliphatic rings. The molecule has 42 heteroatoms. The smallest absolute Gasteiger partial charge is 0.316 e. The molecular formula is C86H80BrCl4F4IN14O14S4. The van der Waals surface area contributed by atoms with Gasteiger partial charge in [0.25, 0.3) is 5.91 Å². The number of nitrogens with zero attached hydrogens (tertiary/aromatic N) is 8. The minimum atomic E-state index is -0.536. The molecule has 0 radical (unpaired) electrons. The number of carbonyl (C=O) groups is 5. The molecule has 14 aromatic rings. The molecule has 10 N–H and O–H groups in total. The lowest BCUT2D eigenvalue weighted by molar-refractivity contribution is -0.140. The number of aliphatic hydroxyl groups is 1. The van der Waals surface area contributed by atoms with Crippen LogP contribution in [0.25, 0.3) is 43.6 Å². The van der Waals surface area contributed by atoms with Gasteiger partial charge in [0.15, 0.2) is 0 Å². The molecule has 14 rings (SSSR count). The van der Waals surface area contributed by atoms with Gasteiger partial charge in [-0.3, -0.25) is 29.2 Å². The van der Waals surface area contributed by atoms with Crippen molar-refractivity contribution in [2.24, 2.45) is 5.90 Å². The van der Waals surface area contributed by atoms with Crippen molar-refractivity contribution in [3.8, 4) is 23.0 Å². The van der Waals surface area contributed by atoms with Crippen molar-refractivity contribution in [2.75, 3.05) is 86.9 Å². The van der Waals surface area contributed by atoms with Gasteiger partial charge in [-0.25, -0.2) is 68.8 Å². The molecule has 28 nitrogen and oxygen atoms in total. The number of halogens is 10. The van der Waals surface area contributed by atoms with E-state index in [1.807, 2.05) is 54.6 Å². The van der Waals surface area contributed by atoms with Crippen LogP contribution in [0.5, 0.6) is 23.0 Å². The molecule has 0 spiro atoms. The van der Waals surface area contributed by atoms with Crippen LogP contribution >= 0.6 is 133 Å². The van der Waals surface area contributed by atoms with E-state index < -0.39 is 29.2 Å². The molecule has 128 heavy (non-hydrogen) atoms. The molecular weight excluding hydrogens is 2010 g/mol. The van der Waals surface area contributed by atoms with Crippen LogP contribution in [0.1, 0.15) is 42.0 Å². The van der Waals surface area contributed by atoms with E-state index in [2.05, 4.69) is 123 Å². The number of alkyl halides is 1. The number of aromatic nitrogens is 8. The summed E-state index contributed by atoms with van der Waals surface area (Å²) in [5.41, 5.74) is 7.85. The van der Waals surface area contributed by atoms with Crippen LogP contribution < -0.4 is 51.6 Å². The van der Waals surface area contributed by atoms with Crippen molar-refractivity contribution in [1.82, 2.24) is 45.4 Å². The quantitative estimate of drug-likeness (QED) is 0.00392. The van der Waals surface area contributed by atoms with E-state index >= 15 is 0 Å². The first-order valence-corrected chi connectivity index (χ1v) is 43.4. The fraction of sp³-hybridized carbons (Fsp3) is 0.151. The number of hydroxylamine groups is 1. The Bertz CT molecular complexity index is 6110. The minimum Gasteiger partial charge on any atom is -0.496 e. The van der Waals surface area contributed by atoms with E-state index in [9.17, 15) is 41.5 Å². The van der Waals surface area contributed by atoms with Crippen LogP contribution in [0.3, 0.4) is 0 Å². The van der Waals surface area contributed by atoms with Gasteiger partial charge in [0, 0.05) is 86.8 Å². The lowest BCUT2D eigenvalue weighted by atomic mass is 10.2. The van der Waals surface area contributed by atoms with Crippen LogP contribution in [0.15, 0.2) is 222 Å². The van der Waals surface area contributed by atoms with Crippen LogP contribution in [0, 0.1) is 26.8 Å². The molecule has 4 aromatic heterocycles. The highest BCUT2D eigenvalue weighted by molar-refractivity contribution is 14.1. The van der Waals surface area contributed by atoms with Gasteiger partial charge in [-0.1, -0.05) is 130 Å². The number of rotatable bonds is 24. The summed E-state index contributed by atoms with van der Waals surface area (Å²) in [5.74, 6) is 5.17. The van der Waals surface area contributed by atoms with Gasteiger partial charge in [0.05, 0.1) is 114 Å². The van der Waals surface area contributed by atoms with Crippen LogP contribution in [-0.2, 0) is 23.9 Å². The number of thiol groups is 1. The average molecular weight is 2090 g/mol. The third-order valence-corrected chi connectivity index (χ3v) is 21.9. The Labute approximate surface area is 791 Å². The first-order chi connectivity index (χ1) is 61.3. The summed E-state index contributed by atoms with van der Waals surface area (Å²) in [6.07, 6.45) is 5.68. The average Bonchev–Trinajstić information content (AvgIpc) is 0.797. The Hall–Kier alpha value is -11.0. The Morgan fingerprint density at radius 2 is 0.758 bits per heavy atom. The summed E-state index contributed by atoms with van der Waals surface area (Å²) in [6, 6.07) is 49.7. The molecule has 672 valence electrons. The van der Waals surface area contributed by atoms with Crippen molar-refractivity contribution in [1.29, 1.82) is 0 Å². The number of carbonyl (C=O) groups excluding carboxylic acids is 5. The van der Waals surface area contributed by atoms with Crippen LogP contribution in [0.4, 0.5) is 63.6 Å². The number of amides is 1. The number of nitrogens with one attached hydrogen (secondary N) is 5. The minimum absolute atomic E-state index is 0. The van der Waals surface area contributed by atoms with E-state index in [4.69, 9.17) is 85.6 Å². The summed E-state index contributed by atoms with van der Waals surface area (Å²) in [4.78, 5) is 92.5. The summed E-state index contributed by atoms with van der Waals surface area (Å²) < 4.78 is 85.4. The second kappa shape index (κ2) is 55.0. The van der Waals surface area contributed by atoms with Gasteiger partial charge in [0.1, 0.15) is 100 Å². The number of anilines is 8. The van der Waals surface area contributed by atoms with Crippen molar-refractivity contribution in [2.45, 2.75) is 36.0 Å². The zero-order valence-electron chi connectivity index (χ0n) is 67.6. The van der Waals surface area contributed by atoms with Crippen LogP contribution in [0.2, 0.25) is 20.1 Å². The molecule has 0 bridgehead atoms. The molecule has 4 heterocycles. The molecule has 0 atom stereocenters. The molecule has 0 saturated carbocycles. The summed E-state index contributed by atoms with van der Waals surface area (Å²) >= 11 is 35.7. The maximum Gasteiger partial charge on any atom is 0.316 e. The molecule has 0 aliphatic carbocycles. The zero-order chi connectivity index (χ0) is 92.7. The van der Waals surface area contributed by atoms with Crippen molar-refractivity contribution < 1.29 is 85.5 Å². The Kier molecular flexibility index (Phi) is 45.5. The number of fused-ring (bicyclic) bond motifs is 4. The number of aliphatic hydroxyl groups excluding tert-OH is 1. The lowest BCUT2D eigenvalue weighted by Gasteiger charge is -2.13. The lowest BCUT2D eigenvalue weighted by Crippen LogP contribution is -2.20. The summed E-state index contributed by atoms with van der Waals surface area (Å²) in [5, 5.41) is 37.6. The molecule has 1 amide bonds. The Morgan fingerprint density at radius 1 is 0.445 bits per heavy atom. The predicted molar refractivity (Wildman–Crippen MR) is 512 cm³/mol. The van der Waals surface area contributed by atoms with Gasteiger partial charge >= 0.3 is 11.9 Å². The second-order valence-corrected chi connectivity index (χ2v) is 31.1. The number of esters is 2. The van der Waals surface area contributed by atoms with Gasteiger partial charge in [-0.05, 0) is 145 Å². The first-order valence-electron chi connectivity index (χ1n) is 36.4. The number of hydrogen-bond acceptors (Lipinski definition) is 30. The summed E-state index contributed by atoms with van der Waals surface area (Å²) in [6.45, 7) is 4.33. The van der Waals surface area contributed by atoms with E-state index in [1.165, 1.54) is 104 Å². The number of thioether (sulfide) groups is 3. The maximum atomic E-state index is 13.5. The largest absolute Gasteiger partial charge is 0.496 e. The van der Waals surface area contributed by atoms with Crippen molar-refractivity contribution >= 4 is 251 Å². The molecule has 0 fully saturated rings. The Balaban J connectivity index is 0.000000245. The third-order valence-electron chi connectivity index (χ3n) is 16.2. The van der Waals surface area contributed by atoms with Gasteiger partial charge in [0.2, 0.25) is 10.2 Å². The topological polar surface area (TPSA) is 391 Å². The number of hydrogen-bond donors (Lipinski definition) is 10. The standard InChI is InChI=1S/C22H15ClFN3O2S.C19H17ClFN3O3S.C17H14ClFN4O3S.C15H10ClFIN3O.C7H6OS.C4H7BrO2.CH4O.CH4.H3NO/c1-29-19-11-18-15(10-20(19)30-22(28)13-5-3-2-4-6-13)21(26-12-25-18)27-14-7-8-17(24)16(23)9-14;1-3-27-18(25)9-28-17-7-12-15(8-16(17)26-2)22-10-23-19(12)24-11-4-5-14(21)13(20)6-11;1-26-14-6-13-10(5-15(14)27-7-16(24)23-25)17(21-8-20-13)22-9-2-3-12(19)11(18)4-9;1-22-14-6-13-9(5-12(14)18)15(20-7-19-13)21-8-2-3-11(17)10(16)4-8;8-7(9)6-4-2-1-3-5-6;1-2-7-4(6)3-5;1-2;;1-2/h2-12H,1H3,(H,25,26,27);4-8,10H,3,9H2,1-2H3,(H,22,23,24);2-6,8,25H,7H2,1H3,(H,23,24)(H,20,21,22);2-7H,1H3,(H,19,20,21);1-5H,(H,8,9);2-3H2,1H3;2H,1H3;1H4;2H,1H2. The molecule has 0 unspecified atom stereocenters. The highest BCUT2D eigenvalue weighted by Gasteiger charge is 2.20. The van der Waals surface area contributed by atoms with Crippen molar-refractivity contribution in [3.05, 3.63) is 265 Å². The number of benzene rings is 10. The van der Waals surface area contributed by atoms with Crippen molar-refractivity contribution in [3.63, 3.8) is 0 Å². The zero-order valence-corrected chi connectivity index (χ0v) is 77.7. The van der Waals surface area contributed by atoms with E-state index in [-0.39, 0.29) is 61.2 Å². The number of ether oxygens (including phenoxy) is 6. The fourth-order valence-electron chi connectivity index (χ4n) is 10.5. The third kappa shape index (κ3) is 31.8. The molecule has 0 aliphatic heterocycles. The first kappa shape index (κ1) is 106. The number of nitrogens with two attached hydrogens (primary N) is 1. The van der Waals surface area contributed by atoms with E-state index in [1.54, 1.807) is 120 Å². The van der Waals surface area contributed by atoms with Crippen LogP contribution in [-0.4, -0.2) is 149 Å². The number of methoxy groups -OCH3 is 4. The van der Waals surface area contributed by atoms with E-state index in [0.717, 1.165) is 49.4 Å². The van der Waals surface area contributed by atoms with Gasteiger partial charge in [-0.2, -0.15) is 0 Å². The highest BCUT2D eigenvalue weighted by Crippen LogP contribution is 2.41. The SMILES string of the molecule is C.CCOC(=O)CBr.CCOC(=O)CSc1cc2c(Nc3ccc(F)c(Cl)c3)ncnc2cc1OC.CO.COc1cc2ncnc(Nc3ccc(F)c(Cl)c3)c2cc1I.COc1cc2ncnc(Nc3ccc(F)c(Cl)c3)c2cc1SC(=O)c1ccccc1.COc1cc2ncnc(Nc3ccc(F)c(Cl)c3)c2cc1SCC(=O)NO.NO.O=C(S)c1ccccc1. The normalized spacial score (nSPS) is 10.1. The summed E-state index contributed by atoms with van der Waals surface area (Å²) in [7, 11) is 7.22. The predicted octanol–water partition coefficient (Wildman–Crippen LogP) is 21.8. The monoisotopic (exact) mass is 2080 g/mol. The van der Waals surface area contributed by atoms with Gasteiger partial charge < -0.3 is 60.0 Å². The molecule has 10 aromatic carbocycles. The second-order valence-electron chi connectivity index (χ2n) is 24.3. The fourth-order valence-corrected chi connectivity index (χ4v) is 14.7. The maximum absolute atomic E-state index is 13.5. The molecule has 0 saturated heterocycles. The van der Waals surface area contributed by atoms with Gasteiger partial charge in [-0.15, -0.1) is 36.2 Å². The van der Waals surface area contributed by atoms with E-state index in [0.29, 0.717) is 130 Å². The Morgan fingerprint density at radius 3 is 1.06 bits per heavy atom.